The van der Waals surface area contributed by atoms with E-state index in [0.29, 0.717) is 34.3 Å². The first-order valence-electron chi connectivity index (χ1n) is 8.56. The molecule has 1 heterocycles. The van der Waals surface area contributed by atoms with Gasteiger partial charge in [-0.25, -0.2) is 4.79 Å². The summed E-state index contributed by atoms with van der Waals surface area (Å²) in [4.78, 5) is 23.9. The van der Waals surface area contributed by atoms with Crippen LogP contribution in [0.15, 0.2) is 51.7 Å². The van der Waals surface area contributed by atoms with E-state index in [4.69, 9.17) is 9.15 Å². The first kappa shape index (κ1) is 16.4. The van der Waals surface area contributed by atoms with Crippen LogP contribution in [0.5, 0.6) is 5.75 Å². The first-order chi connectivity index (χ1) is 12.5. The van der Waals surface area contributed by atoms with Crippen LogP contribution in [0.4, 0.5) is 0 Å². The van der Waals surface area contributed by atoms with Crippen LogP contribution in [0.2, 0.25) is 0 Å². The van der Waals surface area contributed by atoms with E-state index in [1.54, 1.807) is 42.5 Å². The number of benzene rings is 2. The number of fused-ring (bicyclic) bond motifs is 3. The normalized spacial score (nSPS) is 14.2. The molecule has 1 atom stereocenters. The minimum atomic E-state index is -1.32. The Bertz CT molecular complexity index is 1050. The number of carboxylic acid groups (broad SMARTS) is 1. The standard InChI is InChI=1S/C21H18O5/c1-12-10-16(25-19(20(22)23)13-6-3-2-4-7-13)18-14-8-5-9-15(14)21(24)26-17(18)11-12/h2-4,6-7,10-11,19H,5,8-9H2,1H3,(H,22,23)/p-1/t19-/m1/s1. The quantitative estimate of drug-likeness (QED) is 0.676. The highest BCUT2D eigenvalue weighted by Gasteiger charge is 2.24. The lowest BCUT2D eigenvalue weighted by Gasteiger charge is -2.22. The highest BCUT2D eigenvalue weighted by Crippen LogP contribution is 2.37. The molecular formula is C21H17O5-. The van der Waals surface area contributed by atoms with Crippen molar-refractivity contribution in [2.45, 2.75) is 32.3 Å². The fraction of sp³-hybridized carbons (Fsp3) is 0.238. The van der Waals surface area contributed by atoms with Crippen molar-refractivity contribution in [2.24, 2.45) is 0 Å². The van der Waals surface area contributed by atoms with E-state index in [0.717, 1.165) is 24.0 Å². The average molecular weight is 349 g/mol. The lowest BCUT2D eigenvalue weighted by atomic mass is 10.0. The summed E-state index contributed by atoms with van der Waals surface area (Å²) in [6, 6.07) is 12.2. The number of hydrogen-bond acceptors (Lipinski definition) is 5. The zero-order valence-electron chi connectivity index (χ0n) is 14.3. The van der Waals surface area contributed by atoms with E-state index in [-0.39, 0.29) is 5.63 Å². The van der Waals surface area contributed by atoms with Gasteiger partial charge in [-0.3, -0.25) is 0 Å². The third-order valence-corrected chi connectivity index (χ3v) is 4.74. The maximum atomic E-state index is 12.2. The van der Waals surface area contributed by atoms with Gasteiger partial charge in [0.25, 0.3) is 0 Å². The molecule has 0 saturated carbocycles. The molecule has 4 rings (SSSR count). The molecule has 0 N–H and O–H groups in total. The predicted molar refractivity (Wildman–Crippen MR) is 94.1 cm³/mol. The van der Waals surface area contributed by atoms with E-state index in [2.05, 4.69) is 0 Å². The molecule has 0 spiro atoms. The fourth-order valence-electron chi connectivity index (χ4n) is 3.61. The van der Waals surface area contributed by atoms with Gasteiger partial charge in [-0.2, -0.15) is 0 Å². The van der Waals surface area contributed by atoms with Crippen LogP contribution in [0.1, 0.15) is 34.8 Å². The van der Waals surface area contributed by atoms with Gasteiger partial charge in [-0.15, -0.1) is 0 Å². The molecule has 26 heavy (non-hydrogen) atoms. The Morgan fingerprint density at radius 3 is 2.62 bits per heavy atom. The van der Waals surface area contributed by atoms with E-state index >= 15 is 0 Å². The van der Waals surface area contributed by atoms with Crippen molar-refractivity contribution < 1.29 is 19.1 Å². The van der Waals surface area contributed by atoms with Crippen molar-refractivity contribution in [1.29, 1.82) is 0 Å². The Hall–Kier alpha value is -3.08. The Kier molecular flexibility index (Phi) is 3.99. The molecule has 1 aliphatic carbocycles. The fourth-order valence-corrected chi connectivity index (χ4v) is 3.61. The molecule has 132 valence electrons. The smallest absolute Gasteiger partial charge is 0.339 e. The van der Waals surface area contributed by atoms with Crippen LogP contribution in [0, 0.1) is 6.92 Å². The topological polar surface area (TPSA) is 79.6 Å². The SMILES string of the molecule is Cc1cc(O[C@@H](C(=O)[O-])c2ccccc2)c2c3c(c(=O)oc2c1)CCC3. The van der Waals surface area contributed by atoms with Crippen LogP contribution in [-0.4, -0.2) is 5.97 Å². The van der Waals surface area contributed by atoms with Crippen molar-refractivity contribution in [3.63, 3.8) is 0 Å². The van der Waals surface area contributed by atoms with Crippen molar-refractivity contribution >= 4 is 16.9 Å². The number of aliphatic carboxylic acids is 1. The highest BCUT2D eigenvalue weighted by atomic mass is 16.5. The summed E-state index contributed by atoms with van der Waals surface area (Å²) in [5.74, 6) is -0.917. The molecule has 1 aliphatic rings. The van der Waals surface area contributed by atoms with Crippen molar-refractivity contribution in [2.75, 3.05) is 0 Å². The monoisotopic (exact) mass is 349 g/mol. The third kappa shape index (κ3) is 2.75. The molecule has 1 aromatic heterocycles. The Morgan fingerprint density at radius 2 is 1.88 bits per heavy atom. The molecule has 0 aliphatic heterocycles. The molecular weight excluding hydrogens is 332 g/mol. The van der Waals surface area contributed by atoms with E-state index in [9.17, 15) is 14.7 Å². The molecule has 0 bridgehead atoms. The van der Waals surface area contributed by atoms with Gasteiger partial charge in [0.2, 0.25) is 0 Å². The van der Waals surface area contributed by atoms with Crippen molar-refractivity contribution in [1.82, 2.24) is 0 Å². The average Bonchev–Trinajstić information content (AvgIpc) is 3.10. The van der Waals surface area contributed by atoms with E-state index in [1.807, 2.05) is 6.92 Å². The molecule has 5 nitrogen and oxygen atoms in total. The summed E-state index contributed by atoms with van der Waals surface area (Å²) < 4.78 is 11.4. The molecule has 0 amide bonds. The number of hydrogen-bond donors (Lipinski definition) is 0. The molecule has 2 aromatic carbocycles. The Morgan fingerprint density at radius 1 is 1.15 bits per heavy atom. The zero-order valence-corrected chi connectivity index (χ0v) is 14.3. The van der Waals surface area contributed by atoms with Crippen LogP contribution in [-0.2, 0) is 17.6 Å². The van der Waals surface area contributed by atoms with Gasteiger partial charge in [0.15, 0.2) is 6.10 Å². The lowest BCUT2D eigenvalue weighted by molar-refractivity contribution is -0.314. The second-order valence-corrected chi connectivity index (χ2v) is 6.56. The van der Waals surface area contributed by atoms with Gasteiger partial charge in [-0.1, -0.05) is 30.3 Å². The van der Waals surface area contributed by atoms with Gasteiger partial charge >= 0.3 is 5.63 Å². The first-order valence-corrected chi connectivity index (χ1v) is 8.56. The summed E-state index contributed by atoms with van der Waals surface area (Å²) in [5, 5.41) is 12.4. The van der Waals surface area contributed by atoms with Crippen LogP contribution in [0.3, 0.4) is 0 Å². The minimum absolute atomic E-state index is 0.318. The number of carbonyl (C=O) groups excluding carboxylic acids is 1. The zero-order chi connectivity index (χ0) is 18.3. The lowest BCUT2D eigenvalue weighted by Crippen LogP contribution is -2.33. The summed E-state index contributed by atoms with van der Waals surface area (Å²) in [6.07, 6.45) is 1.04. The number of rotatable bonds is 4. The summed E-state index contributed by atoms with van der Waals surface area (Å²) in [6.45, 7) is 1.84. The minimum Gasteiger partial charge on any atom is -0.546 e. The van der Waals surface area contributed by atoms with Crippen LogP contribution in [0.25, 0.3) is 11.0 Å². The van der Waals surface area contributed by atoms with Gasteiger partial charge in [0, 0.05) is 5.56 Å². The van der Waals surface area contributed by atoms with E-state index in [1.165, 1.54) is 0 Å². The highest BCUT2D eigenvalue weighted by molar-refractivity contribution is 5.89. The van der Waals surface area contributed by atoms with Gasteiger partial charge in [0.05, 0.1) is 11.4 Å². The second kappa shape index (κ2) is 6.33. The molecule has 0 unspecified atom stereocenters. The Balaban J connectivity index is 1.90. The molecule has 0 fully saturated rings. The molecule has 5 heteroatoms. The van der Waals surface area contributed by atoms with Crippen LogP contribution < -0.4 is 15.5 Å². The van der Waals surface area contributed by atoms with Crippen molar-refractivity contribution in [3.8, 4) is 5.75 Å². The Labute approximate surface area is 149 Å². The van der Waals surface area contributed by atoms with Gasteiger partial charge in [0.1, 0.15) is 11.3 Å². The number of ether oxygens (including phenoxy) is 1. The predicted octanol–water partition coefficient (Wildman–Crippen LogP) is 2.46. The van der Waals surface area contributed by atoms with E-state index < -0.39 is 12.1 Å². The van der Waals surface area contributed by atoms with Gasteiger partial charge in [-0.05, 0) is 55.0 Å². The maximum Gasteiger partial charge on any atom is 0.339 e. The van der Waals surface area contributed by atoms with Crippen LogP contribution >= 0.6 is 0 Å². The summed E-state index contributed by atoms with van der Waals surface area (Å²) >= 11 is 0. The number of carboxylic acids is 1. The molecule has 0 saturated heterocycles. The maximum absolute atomic E-state index is 12.2. The molecule has 3 aromatic rings. The third-order valence-electron chi connectivity index (χ3n) is 4.74. The van der Waals surface area contributed by atoms with Crippen molar-refractivity contribution in [3.05, 3.63) is 75.1 Å². The van der Waals surface area contributed by atoms with Gasteiger partial charge < -0.3 is 19.1 Å². The number of aryl methyl sites for hydroxylation is 2. The summed E-state index contributed by atoms with van der Waals surface area (Å²) in [7, 11) is 0. The second-order valence-electron chi connectivity index (χ2n) is 6.56. The molecule has 0 radical (unpaired) electrons. The summed E-state index contributed by atoms with van der Waals surface area (Å²) in [5.41, 5.74) is 2.99. The number of carbonyl (C=O) groups is 1. The largest absolute Gasteiger partial charge is 0.546 e.